The second kappa shape index (κ2) is 3.00. The Labute approximate surface area is 71.6 Å². The number of hydrogen-bond acceptors (Lipinski definition) is 2. The Hall–Kier alpha value is -1.08. The molecule has 0 aliphatic rings. The van der Waals surface area contributed by atoms with Gasteiger partial charge in [-0.15, -0.1) is 0 Å². The molecule has 1 aromatic rings. The summed E-state index contributed by atoms with van der Waals surface area (Å²) in [5.74, 6) is -4.90. The van der Waals surface area contributed by atoms with Gasteiger partial charge in [-0.2, -0.15) is 8.42 Å². The van der Waals surface area contributed by atoms with Gasteiger partial charge in [0.2, 0.25) is 0 Å². The molecule has 0 N–H and O–H groups in total. The molecule has 0 spiro atoms. The number of hydrogen-bond donors (Lipinski definition) is 0. The number of halogens is 3. The van der Waals surface area contributed by atoms with E-state index in [1.54, 1.807) is 0 Å². The van der Waals surface area contributed by atoms with E-state index in [2.05, 4.69) is 0 Å². The molecule has 0 heterocycles. The average Bonchev–Trinajstić information content (AvgIpc) is 1.94. The highest BCUT2D eigenvalue weighted by atomic mass is 32.2. The zero-order valence-electron chi connectivity index (χ0n) is 5.92. The van der Waals surface area contributed by atoms with E-state index < -0.39 is 32.5 Å². The van der Waals surface area contributed by atoms with E-state index in [1.165, 1.54) is 0 Å². The molecule has 0 aliphatic heterocycles. The molecule has 0 bridgehead atoms. The predicted molar refractivity (Wildman–Crippen MR) is 34.2 cm³/mol. The molecule has 0 fully saturated rings. The summed E-state index contributed by atoms with van der Waals surface area (Å²) in [5, 5.41) is 0. The molecular weight excluding hydrogens is 209 g/mol. The maximum absolute atomic E-state index is 12.6. The summed E-state index contributed by atoms with van der Waals surface area (Å²) in [7, 11) is -5.18. The predicted octanol–water partition coefficient (Wildman–Crippen LogP) is 1.22. The van der Waals surface area contributed by atoms with Crippen LogP contribution in [-0.4, -0.2) is 8.42 Å². The molecule has 1 aromatic carbocycles. The van der Waals surface area contributed by atoms with Crippen LogP contribution in [0.4, 0.5) is 13.2 Å². The van der Waals surface area contributed by atoms with Gasteiger partial charge in [0.05, 0.1) is 0 Å². The molecule has 0 saturated carbocycles. The second-order valence-electron chi connectivity index (χ2n) is 2.15. The van der Waals surface area contributed by atoms with Crippen LogP contribution in [0.15, 0.2) is 17.0 Å². The van der Waals surface area contributed by atoms with Crippen LogP contribution >= 0.6 is 0 Å². The van der Waals surface area contributed by atoms with E-state index in [1.807, 2.05) is 0 Å². The largest absolute Gasteiger partial charge is 0.327 e. The van der Waals surface area contributed by atoms with Crippen LogP contribution in [0.2, 0.25) is 0 Å². The molecule has 0 saturated heterocycles. The fourth-order valence-electron chi connectivity index (χ4n) is 0.714. The first kappa shape index (κ1) is 10.0. The summed E-state index contributed by atoms with van der Waals surface area (Å²) in [5.41, 5.74) is 0. The molecule has 0 atom stereocenters. The molecule has 0 aromatic heterocycles. The quantitative estimate of drug-likeness (QED) is 0.656. The number of rotatable bonds is 1. The normalized spacial score (nSPS) is 11.7. The minimum atomic E-state index is -5.18. The summed E-state index contributed by atoms with van der Waals surface area (Å²) in [6.07, 6.45) is 0. The zero-order valence-corrected chi connectivity index (χ0v) is 6.74. The molecule has 0 unspecified atom stereocenters. The highest BCUT2D eigenvalue weighted by molar-refractivity contribution is 7.85. The van der Waals surface area contributed by atoms with E-state index in [9.17, 15) is 26.1 Å². The van der Waals surface area contributed by atoms with Crippen LogP contribution in [0.5, 0.6) is 0 Å². The third kappa shape index (κ3) is 1.99. The first-order chi connectivity index (χ1) is 5.82. The van der Waals surface area contributed by atoms with Crippen molar-refractivity contribution in [3.05, 3.63) is 29.6 Å². The van der Waals surface area contributed by atoms with Crippen LogP contribution in [-0.2, 0) is 14.7 Å². The van der Waals surface area contributed by atoms with Crippen molar-refractivity contribution in [2.45, 2.75) is 4.90 Å². The van der Waals surface area contributed by atoms with Crippen LogP contribution in [0.1, 0.15) is 0 Å². The monoisotopic (exact) mass is 211 g/mol. The Bertz CT molecular complexity index is 441. The van der Waals surface area contributed by atoms with Crippen LogP contribution in [0, 0.1) is 17.5 Å². The molecule has 13 heavy (non-hydrogen) atoms. The molecule has 3 nitrogen and oxygen atoms in total. The first-order valence-electron chi connectivity index (χ1n) is 2.93. The molecular formula is C6H2F3O3S. The lowest BCUT2D eigenvalue weighted by atomic mass is 10.3. The maximum Gasteiger partial charge on any atom is 0.327 e. The van der Waals surface area contributed by atoms with Crippen molar-refractivity contribution in [2.24, 2.45) is 0 Å². The summed E-state index contributed by atoms with van der Waals surface area (Å²) in [4.78, 5) is -1.52. The summed E-state index contributed by atoms with van der Waals surface area (Å²) < 4.78 is 67.9. The Morgan fingerprint density at radius 1 is 1.08 bits per heavy atom. The second-order valence-corrected chi connectivity index (χ2v) is 3.50. The van der Waals surface area contributed by atoms with Crippen molar-refractivity contribution >= 4 is 10.1 Å². The summed E-state index contributed by atoms with van der Waals surface area (Å²) in [6, 6.07) is 0.269. The molecule has 0 aliphatic carbocycles. The third-order valence-corrected chi connectivity index (χ3v) is 2.06. The maximum atomic E-state index is 12.6. The van der Waals surface area contributed by atoms with Gasteiger partial charge in [-0.1, -0.05) is 4.55 Å². The van der Waals surface area contributed by atoms with E-state index in [0.29, 0.717) is 0 Å². The standard InChI is InChI=1S/C6H2F3O3S/c7-3-1-4(8)6(9)5(2-3)13(10,11)12/h1-2H. The Kier molecular flexibility index (Phi) is 2.31. The zero-order chi connectivity index (χ0) is 10.2. The Balaban J connectivity index is 3.56. The van der Waals surface area contributed by atoms with Crippen molar-refractivity contribution in [3.8, 4) is 0 Å². The van der Waals surface area contributed by atoms with Crippen LogP contribution in [0.25, 0.3) is 0 Å². The lowest BCUT2D eigenvalue weighted by Crippen LogP contribution is -2.03. The van der Waals surface area contributed by atoms with Gasteiger partial charge >= 0.3 is 10.1 Å². The molecule has 1 rings (SSSR count). The van der Waals surface area contributed by atoms with Gasteiger partial charge in [-0.3, -0.25) is 0 Å². The minimum Gasteiger partial charge on any atom is -0.207 e. The van der Waals surface area contributed by atoms with Gasteiger partial charge in [0, 0.05) is 6.07 Å². The molecule has 7 heteroatoms. The number of benzene rings is 1. The molecule has 71 valence electrons. The van der Waals surface area contributed by atoms with Crippen LogP contribution < -0.4 is 0 Å². The highest BCUT2D eigenvalue weighted by Crippen LogP contribution is 2.18. The highest BCUT2D eigenvalue weighted by Gasteiger charge is 2.22. The van der Waals surface area contributed by atoms with Crippen molar-refractivity contribution in [2.75, 3.05) is 0 Å². The van der Waals surface area contributed by atoms with Crippen LogP contribution in [0.3, 0.4) is 0 Å². The van der Waals surface area contributed by atoms with Gasteiger partial charge in [-0.05, 0) is 6.07 Å². The van der Waals surface area contributed by atoms with Gasteiger partial charge < -0.3 is 0 Å². The van der Waals surface area contributed by atoms with Gasteiger partial charge in [0.25, 0.3) is 0 Å². The smallest absolute Gasteiger partial charge is 0.207 e. The van der Waals surface area contributed by atoms with Crippen molar-refractivity contribution in [1.82, 2.24) is 0 Å². The lowest BCUT2D eigenvalue weighted by molar-refractivity contribution is 0.400. The SMILES string of the molecule is [O]S(=O)(=O)c1cc(F)cc(F)c1F. The Morgan fingerprint density at radius 2 is 1.62 bits per heavy atom. The van der Waals surface area contributed by atoms with Gasteiger partial charge in [0.15, 0.2) is 11.6 Å². The molecule has 0 amide bonds. The first-order valence-corrected chi connectivity index (χ1v) is 4.33. The molecule has 1 radical (unpaired) electrons. The minimum absolute atomic E-state index is 0.126. The Morgan fingerprint density at radius 3 is 2.08 bits per heavy atom. The van der Waals surface area contributed by atoms with Gasteiger partial charge in [0.1, 0.15) is 10.7 Å². The van der Waals surface area contributed by atoms with E-state index in [0.717, 1.165) is 0 Å². The fourth-order valence-corrected chi connectivity index (χ4v) is 1.29. The topological polar surface area (TPSA) is 54.0 Å². The van der Waals surface area contributed by atoms with Gasteiger partial charge in [-0.25, -0.2) is 13.2 Å². The van der Waals surface area contributed by atoms with Crippen molar-refractivity contribution < 1.29 is 26.1 Å². The average molecular weight is 211 g/mol. The van der Waals surface area contributed by atoms with Crippen molar-refractivity contribution in [3.63, 3.8) is 0 Å². The van der Waals surface area contributed by atoms with E-state index in [-0.39, 0.29) is 12.1 Å². The third-order valence-electron chi connectivity index (χ3n) is 1.23. The lowest BCUT2D eigenvalue weighted by Gasteiger charge is -1.98. The van der Waals surface area contributed by atoms with E-state index >= 15 is 0 Å². The van der Waals surface area contributed by atoms with Crippen molar-refractivity contribution in [1.29, 1.82) is 0 Å². The summed E-state index contributed by atoms with van der Waals surface area (Å²) >= 11 is 0. The summed E-state index contributed by atoms with van der Waals surface area (Å²) in [6.45, 7) is 0. The van der Waals surface area contributed by atoms with E-state index in [4.69, 9.17) is 0 Å². The fraction of sp³-hybridized carbons (Fsp3) is 0.